The first-order valence-electron chi connectivity index (χ1n) is 1.70. The maximum atomic E-state index is 9.97. The largest absolute Gasteiger partial charge is 1.00 e. The molecule has 0 aromatic carbocycles. The molecule has 0 heterocycles. The van der Waals surface area contributed by atoms with Crippen LogP contribution in [0.5, 0.6) is 0 Å². The van der Waals surface area contributed by atoms with Crippen molar-refractivity contribution in [2.75, 3.05) is 12.3 Å². The molecular weight excluding hydrogens is 173 g/mol. The Morgan fingerprint density at radius 2 is 2.12 bits per heavy atom. The van der Waals surface area contributed by atoms with Gasteiger partial charge in [0.15, 0.2) is 0 Å². The summed E-state index contributed by atoms with van der Waals surface area (Å²) in [6, 6.07) is 0. The van der Waals surface area contributed by atoms with Crippen LogP contribution < -0.4 is 57.1 Å². The van der Waals surface area contributed by atoms with Crippen LogP contribution >= 0.6 is 0 Å². The van der Waals surface area contributed by atoms with Gasteiger partial charge in [-0.25, -0.2) is 0 Å². The Bertz CT molecular complexity index is 131. The van der Waals surface area contributed by atoms with Crippen molar-refractivity contribution >= 4 is 20.0 Å². The van der Waals surface area contributed by atoms with Gasteiger partial charge in [-0.15, -0.1) is 0 Å². The zero-order chi connectivity index (χ0) is 5.91. The molecule has 44 valence electrons. The topological polar surface area (TPSA) is 66.2 Å². The molecule has 0 aromatic rings. The van der Waals surface area contributed by atoms with Gasteiger partial charge < -0.3 is 10.3 Å². The Morgan fingerprint density at radius 3 is 2.12 bits per heavy atom. The van der Waals surface area contributed by atoms with Crippen LogP contribution in [0.2, 0.25) is 0 Å². The SMILES string of the molecule is NCCS(=O)([O-])=S.[K+]. The summed E-state index contributed by atoms with van der Waals surface area (Å²) >= 11 is 3.98. The van der Waals surface area contributed by atoms with Gasteiger partial charge in [0, 0.05) is 12.3 Å². The fourth-order valence-corrected chi connectivity index (χ4v) is 0.722. The van der Waals surface area contributed by atoms with Crippen molar-refractivity contribution in [1.82, 2.24) is 0 Å². The Balaban J connectivity index is 0. The summed E-state index contributed by atoms with van der Waals surface area (Å²) in [5.41, 5.74) is 4.87. The van der Waals surface area contributed by atoms with Crippen LogP contribution in [0.1, 0.15) is 0 Å². The van der Waals surface area contributed by atoms with Crippen LogP contribution in [0.15, 0.2) is 0 Å². The van der Waals surface area contributed by atoms with Gasteiger partial charge in [0.05, 0.1) is 0 Å². The standard InChI is InChI=1S/C2H7NO2S2.K/c3-1-2-7(4,5)6;/h1-3H2,(H,4,5,6);/q;+1/p-1. The number of rotatable bonds is 2. The monoisotopic (exact) mass is 179 g/mol. The smallest absolute Gasteiger partial charge is 0.769 e. The van der Waals surface area contributed by atoms with E-state index in [0.29, 0.717) is 0 Å². The Hall–Kier alpha value is 1.93. The Morgan fingerprint density at radius 1 is 1.75 bits per heavy atom. The molecule has 1 atom stereocenters. The number of nitrogens with two attached hydrogens (primary N) is 1. The van der Waals surface area contributed by atoms with Gasteiger partial charge in [-0.1, -0.05) is 0 Å². The molecule has 0 aliphatic carbocycles. The first-order chi connectivity index (χ1) is 3.06. The van der Waals surface area contributed by atoms with E-state index in [1.54, 1.807) is 0 Å². The number of hydrogen-bond acceptors (Lipinski definition) is 4. The third-order valence-electron chi connectivity index (χ3n) is 0.368. The van der Waals surface area contributed by atoms with E-state index >= 15 is 0 Å². The second-order valence-corrected chi connectivity index (χ2v) is 4.10. The first kappa shape index (κ1) is 12.6. The third-order valence-corrected chi connectivity index (χ3v) is 1.60. The van der Waals surface area contributed by atoms with E-state index < -0.39 is 8.77 Å². The average molecular weight is 179 g/mol. The van der Waals surface area contributed by atoms with E-state index in [1.807, 2.05) is 0 Å². The molecule has 0 aliphatic rings. The Labute approximate surface area is 96.3 Å². The van der Waals surface area contributed by atoms with Crippen molar-refractivity contribution in [1.29, 1.82) is 0 Å². The maximum absolute atomic E-state index is 9.97. The zero-order valence-corrected chi connectivity index (χ0v) is 9.38. The van der Waals surface area contributed by atoms with Crippen molar-refractivity contribution in [3.8, 4) is 0 Å². The Kier molecular flexibility index (Phi) is 8.96. The molecule has 0 saturated heterocycles. The van der Waals surface area contributed by atoms with Gasteiger partial charge >= 0.3 is 51.4 Å². The average Bonchev–Trinajstić information content (AvgIpc) is 1.30. The first-order valence-corrected chi connectivity index (χ1v) is 4.27. The van der Waals surface area contributed by atoms with E-state index in [2.05, 4.69) is 11.2 Å². The zero-order valence-electron chi connectivity index (χ0n) is 4.62. The van der Waals surface area contributed by atoms with Crippen molar-refractivity contribution in [2.45, 2.75) is 0 Å². The van der Waals surface area contributed by atoms with E-state index in [4.69, 9.17) is 5.73 Å². The molecule has 0 rings (SSSR count). The molecule has 0 spiro atoms. The van der Waals surface area contributed by atoms with Gasteiger partial charge in [-0.3, -0.25) is 4.21 Å². The molecule has 1 unspecified atom stereocenters. The predicted molar refractivity (Wildman–Crippen MR) is 30.2 cm³/mol. The molecule has 0 radical (unpaired) electrons. The van der Waals surface area contributed by atoms with E-state index in [0.717, 1.165) is 0 Å². The summed E-state index contributed by atoms with van der Waals surface area (Å²) < 4.78 is 19.9. The second kappa shape index (κ2) is 5.69. The summed E-state index contributed by atoms with van der Waals surface area (Å²) in [4.78, 5) is 0. The minimum absolute atomic E-state index is 0. The molecule has 0 amide bonds. The fourth-order valence-electron chi connectivity index (χ4n) is 0.144. The van der Waals surface area contributed by atoms with Crippen molar-refractivity contribution in [3.05, 3.63) is 0 Å². The van der Waals surface area contributed by atoms with Crippen LogP contribution in [0.25, 0.3) is 0 Å². The summed E-state index contributed by atoms with van der Waals surface area (Å²) in [6.45, 7) is 0.117. The molecule has 2 N–H and O–H groups in total. The summed E-state index contributed by atoms with van der Waals surface area (Å²) in [5, 5.41) is 0. The molecule has 3 nitrogen and oxygen atoms in total. The third kappa shape index (κ3) is 10.8. The molecule has 8 heavy (non-hydrogen) atoms. The normalized spacial score (nSPS) is 16.2. The van der Waals surface area contributed by atoms with Crippen LogP contribution in [0.4, 0.5) is 0 Å². The molecule has 0 fully saturated rings. The second-order valence-electron chi connectivity index (χ2n) is 1.05. The van der Waals surface area contributed by atoms with E-state index in [1.165, 1.54) is 0 Å². The minimum atomic E-state index is -3.22. The summed E-state index contributed by atoms with van der Waals surface area (Å²) in [5.74, 6) is -0.0949. The molecule has 6 heteroatoms. The molecule has 0 saturated carbocycles. The van der Waals surface area contributed by atoms with Crippen LogP contribution in [-0.2, 0) is 20.0 Å². The predicted octanol–water partition coefficient (Wildman–Crippen LogP) is -4.17. The molecular formula is C2H6KNO2S2. The molecule has 0 aromatic heterocycles. The molecule has 0 aliphatic heterocycles. The van der Waals surface area contributed by atoms with Crippen molar-refractivity contribution in [2.24, 2.45) is 5.73 Å². The van der Waals surface area contributed by atoms with Gasteiger partial charge in [0.2, 0.25) is 0 Å². The van der Waals surface area contributed by atoms with Crippen LogP contribution in [0.3, 0.4) is 0 Å². The summed E-state index contributed by atoms with van der Waals surface area (Å²) in [7, 11) is -3.22. The van der Waals surface area contributed by atoms with Crippen LogP contribution in [0, 0.1) is 0 Å². The van der Waals surface area contributed by atoms with E-state index in [9.17, 15) is 8.76 Å². The van der Waals surface area contributed by atoms with Gasteiger partial charge in [0.25, 0.3) is 0 Å². The van der Waals surface area contributed by atoms with Gasteiger partial charge in [-0.2, -0.15) is 0 Å². The van der Waals surface area contributed by atoms with E-state index in [-0.39, 0.29) is 63.7 Å². The quantitative estimate of drug-likeness (QED) is 0.437. The summed E-state index contributed by atoms with van der Waals surface area (Å²) in [6.07, 6.45) is 0. The maximum Gasteiger partial charge on any atom is 1.00 e. The van der Waals surface area contributed by atoms with Crippen LogP contribution in [-0.4, -0.2) is 21.1 Å². The minimum Gasteiger partial charge on any atom is -0.769 e. The van der Waals surface area contributed by atoms with Crippen molar-refractivity contribution < 1.29 is 60.1 Å². The van der Waals surface area contributed by atoms with Gasteiger partial charge in [0.1, 0.15) is 0 Å². The molecule has 0 bridgehead atoms. The number of hydrogen-bond donors (Lipinski definition) is 1. The van der Waals surface area contributed by atoms with Crippen molar-refractivity contribution in [3.63, 3.8) is 0 Å². The van der Waals surface area contributed by atoms with Gasteiger partial charge in [-0.05, 0) is 20.0 Å². The fraction of sp³-hybridized carbons (Fsp3) is 1.00.